The number of unbranched alkanes of at least 4 members (excludes halogenated alkanes) is 8. The first kappa shape index (κ1) is 23.6. The van der Waals surface area contributed by atoms with E-state index in [0.717, 1.165) is 19.8 Å². The molecule has 0 fully saturated rings. The van der Waals surface area contributed by atoms with Crippen molar-refractivity contribution in [2.45, 2.75) is 83.5 Å². The van der Waals surface area contributed by atoms with Gasteiger partial charge < -0.3 is 6.16 Å². The number of hydrogen-bond acceptors (Lipinski definition) is 4. The van der Waals surface area contributed by atoms with E-state index in [9.17, 15) is 13.2 Å². The Morgan fingerprint density at radius 1 is 1.05 bits per heavy atom. The SMILES string of the molecule is CCCCCCCCCCCC(=O)OC(C)S(=O)(=O)O.[H-].[Na+]. The van der Waals surface area contributed by atoms with Crippen molar-refractivity contribution < 1.29 is 53.5 Å². The second-order valence-electron chi connectivity index (χ2n) is 5.15. The first-order chi connectivity index (χ1) is 9.38. The number of carbonyl (C=O) groups excluding carboxylic acids is 1. The van der Waals surface area contributed by atoms with Crippen LogP contribution >= 0.6 is 0 Å². The quantitative estimate of drug-likeness (QED) is 0.247. The Hall–Kier alpha value is 0.380. The van der Waals surface area contributed by atoms with Gasteiger partial charge in [0.1, 0.15) is 0 Å². The van der Waals surface area contributed by atoms with E-state index in [1.807, 2.05) is 0 Å². The Bertz CT molecular complexity index is 362. The molecule has 0 aromatic rings. The number of carbonyl (C=O) groups is 1. The van der Waals surface area contributed by atoms with Gasteiger partial charge >= 0.3 is 45.6 Å². The normalized spacial score (nSPS) is 12.5. The fourth-order valence-electron chi connectivity index (χ4n) is 1.88. The van der Waals surface area contributed by atoms with Crippen molar-refractivity contribution in [2.24, 2.45) is 0 Å². The molecule has 0 aliphatic rings. The molecule has 122 valence electrons. The van der Waals surface area contributed by atoms with Gasteiger partial charge in [-0.3, -0.25) is 9.35 Å². The molecule has 1 unspecified atom stereocenters. The minimum Gasteiger partial charge on any atom is -1.00 e. The van der Waals surface area contributed by atoms with Gasteiger partial charge in [-0.25, -0.2) is 0 Å². The van der Waals surface area contributed by atoms with Gasteiger partial charge in [0.2, 0.25) is 5.44 Å². The molecule has 5 nitrogen and oxygen atoms in total. The minimum atomic E-state index is -4.29. The Labute approximate surface area is 152 Å². The molecule has 0 spiro atoms. The van der Waals surface area contributed by atoms with Crippen LogP contribution in [0.2, 0.25) is 0 Å². The summed E-state index contributed by atoms with van der Waals surface area (Å²) in [6, 6.07) is 0. The van der Waals surface area contributed by atoms with Gasteiger partial charge in [0.25, 0.3) is 0 Å². The molecule has 1 atom stereocenters. The minimum absolute atomic E-state index is 0. The van der Waals surface area contributed by atoms with E-state index in [0.29, 0.717) is 6.42 Å². The van der Waals surface area contributed by atoms with Crippen molar-refractivity contribution in [3.63, 3.8) is 0 Å². The molecule has 7 heteroatoms. The molecule has 0 aliphatic carbocycles. The van der Waals surface area contributed by atoms with Crippen molar-refractivity contribution in [1.29, 1.82) is 0 Å². The zero-order valence-electron chi connectivity index (χ0n) is 14.6. The van der Waals surface area contributed by atoms with Gasteiger partial charge in [0, 0.05) is 6.42 Å². The van der Waals surface area contributed by atoms with E-state index >= 15 is 0 Å². The molecule has 0 saturated heterocycles. The summed E-state index contributed by atoms with van der Waals surface area (Å²) >= 11 is 0. The third kappa shape index (κ3) is 15.1. The molecule has 0 bridgehead atoms. The molecule has 0 heterocycles. The predicted molar refractivity (Wildman–Crippen MR) is 80.1 cm³/mol. The molecule has 0 aliphatic heterocycles. The van der Waals surface area contributed by atoms with Crippen LogP contribution in [0, 0.1) is 0 Å². The van der Waals surface area contributed by atoms with Gasteiger partial charge in [0.15, 0.2) is 0 Å². The van der Waals surface area contributed by atoms with Gasteiger partial charge in [-0.1, -0.05) is 58.3 Å². The maximum atomic E-state index is 11.3. The van der Waals surface area contributed by atoms with E-state index < -0.39 is 21.5 Å². The van der Waals surface area contributed by atoms with Crippen LogP contribution in [0.4, 0.5) is 0 Å². The van der Waals surface area contributed by atoms with Crippen LogP contribution in [0.1, 0.15) is 79.5 Å². The van der Waals surface area contributed by atoms with Crippen LogP contribution in [-0.4, -0.2) is 24.4 Å². The molecule has 0 saturated carbocycles. The average Bonchev–Trinajstić information content (AvgIpc) is 2.35. The summed E-state index contributed by atoms with van der Waals surface area (Å²) in [5.41, 5.74) is -1.48. The van der Waals surface area contributed by atoms with E-state index in [-0.39, 0.29) is 37.4 Å². The maximum absolute atomic E-state index is 11.3. The van der Waals surface area contributed by atoms with Crippen molar-refractivity contribution in [2.75, 3.05) is 0 Å². The van der Waals surface area contributed by atoms with E-state index in [2.05, 4.69) is 11.7 Å². The maximum Gasteiger partial charge on any atom is 1.00 e. The smallest absolute Gasteiger partial charge is 1.00 e. The Morgan fingerprint density at radius 3 is 1.90 bits per heavy atom. The first-order valence-electron chi connectivity index (χ1n) is 7.53. The predicted octanol–water partition coefficient (Wildman–Crippen LogP) is 0.801. The summed E-state index contributed by atoms with van der Waals surface area (Å²) < 4.78 is 34.6. The fourth-order valence-corrected chi connectivity index (χ4v) is 2.11. The standard InChI is InChI=1S/C14H28O5S.Na.H/c1-3-4-5-6-7-8-9-10-11-12-14(15)19-13(2)20(16,17)18;;/h13H,3-12H2,1-2H3,(H,16,17,18);;/q;+1;-1. The zero-order chi connectivity index (χ0) is 15.4. The molecule has 1 N–H and O–H groups in total. The Balaban J connectivity index is -0.00000180. The molecule has 0 aromatic heterocycles. The van der Waals surface area contributed by atoms with Crippen molar-refractivity contribution in [1.82, 2.24) is 0 Å². The molecule has 0 radical (unpaired) electrons. The molecule has 0 rings (SSSR count). The van der Waals surface area contributed by atoms with E-state index in [1.54, 1.807) is 0 Å². The van der Waals surface area contributed by atoms with Crippen LogP contribution in [0.5, 0.6) is 0 Å². The Kier molecular flexibility index (Phi) is 15.8. The third-order valence-corrected chi connectivity index (χ3v) is 4.14. The number of esters is 1. The van der Waals surface area contributed by atoms with Gasteiger partial charge in [-0.15, -0.1) is 0 Å². The summed E-state index contributed by atoms with van der Waals surface area (Å²) in [6.07, 6.45) is 10.5. The summed E-state index contributed by atoms with van der Waals surface area (Å²) in [5, 5.41) is 0. The zero-order valence-corrected chi connectivity index (χ0v) is 16.5. The van der Waals surface area contributed by atoms with E-state index in [1.165, 1.54) is 38.5 Å². The Morgan fingerprint density at radius 2 is 1.48 bits per heavy atom. The van der Waals surface area contributed by atoms with Crippen LogP contribution in [0.15, 0.2) is 0 Å². The summed E-state index contributed by atoms with van der Waals surface area (Å²) in [5.74, 6) is -0.571. The fraction of sp³-hybridized carbons (Fsp3) is 0.929. The second kappa shape index (κ2) is 14.0. The second-order valence-corrected chi connectivity index (χ2v) is 6.84. The summed E-state index contributed by atoms with van der Waals surface area (Å²) in [4.78, 5) is 11.3. The third-order valence-electron chi connectivity index (χ3n) is 3.20. The molecular formula is C14H29NaO5S. The van der Waals surface area contributed by atoms with Crippen molar-refractivity contribution in [3.05, 3.63) is 0 Å². The average molecular weight is 332 g/mol. The van der Waals surface area contributed by atoms with Gasteiger partial charge in [-0.05, 0) is 13.3 Å². The largest absolute Gasteiger partial charge is 1.00 e. The van der Waals surface area contributed by atoms with Crippen molar-refractivity contribution >= 4 is 16.1 Å². The molecule has 0 amide bonds. The number of rotatable bonds is 12. The van der Waals surface area contributed by atoms with Crippen LogP contribution < -0.4 is 29.6 Å². The number of hydrogen-bond donors (Lipinski definition) is 1. The summed E-state index contributed by atoms with van der Waals surface area (Å²) in [6.45, 7) is 3.34. The van der Waals surface area contributed by atoms with Gasteiger partial charge in [-0.2, -0.15) is 8.42 Å². The van der Waals surface area contributed by atoms with Crippen LogP contribution in [0.3, 0.4) is 0 Å². The summed E-state index contributed by atoms with van der Waals surface area (Å²) in [7, 11) is -4.29. The topological polar surface area (TPSA) is 80.7 Å². The van der Waals surface area contributed by atoms with Gasteiger partial charge in [0.05, 0.1) is 0 Å². The van der Waals surface area contributed by atoms with E-state index in [4.69, 9.17) is 4.55 Å². The number of ether oxygens (including phenoxy) is 1. The van der Waals surface area contributed by atoms with Crippen LogP contribution in [-0.2, 0) is 19.6 Å². The molecular weight excluding hydrogens is 303 g/mol. The first-order valence-corrected chi connectivity index (χ1v) is 9.04. The molecule has 0 aromatic carbocycles. The van der Waals surface area contributed by atoms with Crippen LogP contribution in [0.25, 0.3) is 0 Å². The van der Waals surface area contributed by atoms with Crippen molar-refractivity contribution in [3.8, 4) is 0 Å². The molecule has 21 heavy (non-hydrogen) atoms. The monoisotopic (exact) mass is 332 g/mol.